The predicted molar refractivity (Wildman–Crippen MR) is 116 cm³/mol. The smallest absolute Gasteiger partial charge is 0.381 e. The minimum atomic E-state index is -4.69. The van der Waals surface area contributed by atoms with Gasteiger partial charge in [0.05, 0.1) is 11.5 Å². The van der Waals surface area contributed by atoms with Gasteiger partial charge >= 0.3 is 6.18 Å². The summed E-state index contributed by atoms with van der Waals surface area (Å²) in [6, 6.07) is 10.2. The summed E-state index contributed by atoms with van der Waals surface area (Å²) < 4.78 is 53.0. The molecule has 1 saturated heterocycles. The number of halogens is 4. The molecule has 1 saturated carbocycles. The van der Waals surface area contributed by atoms with Crippen LogP contribution in [-0.4, -0.2) is 36.0 Å². The number of carbonyl (C=O) groups excluding carboxylic acids is 1. The van der Waals surface area contributed by atoms with Gasteiger partial charge < -0.3 is 10.6 Å². The van der Waals surface area contributed by atoms with E-state index in [-0.39, 0.29) is 11.7 Å². The summed E-state index contributed by atoms with van der Waals surface area (Å²) in [4.78, 5) is 15.5. The number of hydrogen-bond donors (Lipinski definition) is 2. The largest absolute Gasteiger partial charge is 0.416 e. The first kappa shape index (κ1) is 22.6. The lowest BCUT2D eigenvalue weighted by Gasteiger charge is -2.45. The quantitative estimate of drug-likeness (QED) is 0.597. The molecule has 0 bridgehead atoms. The van der Waals surface area contributed by atoms with Gasteiger partial charge in [0.25, 0.3) is 0 Å². The normalized spacial score (nSPS) is 22.3. The molecule has 172 valence electrons. The second kappa shape index (κ2) is 9.10. The number of carbonyl (C=O) groups is 1. The number of aryl methyl sites for hydroxylation is 1. The molecule has 2 fully saturated rings. The Labute approximate surface area is 185 Å². The van der Waals surface area contributed by atoms with Gasteiger partial charge in [0.2, 0.25) is 5.91 Å². The first-order valence-corrected chi connectivity index (χ1v) is 11.0. The van der Waals surface area contributed by atoms with E-state index in [2.05, 4.69) is 15.5 Å². The number of benzene rings is 2. The molecule has 2 aromatic rings. The van der Waals surface area contributed by atoms with Gasteiger partial charge in [-0.1, -0.05) is 24.6 Å². The van der Waals surface area contributed by atoms with Crippen molar-refractivity contribution in [3.8, 4) is 0 Å². The Morgan fingerprint density at radius 3 is 2.50 bits per heavy atom. The van der Waals surface area contributed by atoms with Crippen LogP contribution in [0.2, 0.25) is 0 Å². The molecule has 1 aliphatic heterocycles. The van der Waals surface area contributed by atoms with E-state index in [1.54, 1.807) is 0 Å². The SMILES string of the molecule is Cc1ccccc1N[C@H]1CCN(C2CCC2)C[C@H]1C(=O)Nc1cc(F)cc(C(F)(F)F)c1. The van der Waals surface area contributed by atoms with E-state index in [1.165, 1.54) is 6.42 Å². The molecule has 4 nitrogen and oxygen atoms in total. The molecule has 0 aromatic heterocycles. The summed E-state index contributed by atoms with van der Waals surface area (Å²) in [6.45, 7) is 3.35. The number of nitrogens with one attached hydrogen (secondary N) is 2. The second-order valence-electron chi connectivity index (χ2n) is 8.76. The van der Waals surface area contributed by atoms with E-state index >= 15 is 0 Å². The van der Waals surface area contributed by atoms with Crippen LogP contribution in [0.15, 0.2) is 42.5 Å². The molecule has 1 amide bonds. The van der Waals surface area contributed by atoms with Crippen molar-refractivity contribution in [2.75, 3.05) is 23.7 Å². The lowest BCUT2D eigenvalue weighted by molar-refractivity contribution is -0.137. The van der Waals surface area contributed by atoms with Crippen molar-refractivity contribution in [2.24, 2.45) is 5.92 Å². The van der Waals surface area contributed by atoms with E-state index in [0.717, 1.165) is 49.2 Å². The van der Waals surface area contributed by atoms with Crippen molar-refractivity contribution in [3.63, 3.8) is 0 Å². The predicted octanol–water partition coefficient (Wildman–Crippen LogP) is 5.45. The maximum absolute atomic E-state index is 13.8. The Hall–Kier alpha value is -2.61. The van der Waals surface area contributed by atoms with Crippen molar-refractivity contribution in [2.45, 2.75) is 50.9 Å². The molecule has 2 aromatic carbocycles. The minimum absolute atomic E-state index is 0.178. The van der Waals surface area contributed by atoms with Crippen molar-refractivity contribution in [1.82, 2.24) is 4.90 Å². The van der Waals surface area contributed by atoms with Crippen LogP contribution >= 0.6 is 0 Å². The molecule has 2 atom stereocenters. The van der Waals surface area contributed by atoms with Crippen LogP contribution < -0.4 is 10.6 Å². The summed E-state index contributed by atoms with van der Waals surface area (Å²) in [5.74, 6) is -1.93. The zero-order chi connectivity index (χ0) is 22.9. The van der Waals surface area contributed by atoms with E-state index in [4.69, 9.17) is 0 Å². The molecule has 0 unspecified atom stereocenters. The molecule has 4 rings (SSSR count). The summed E-state index contributed by atoms with van der Waals surface area (Å²) in [5.41, 5.74) is 0.672. The Kier molecular flexibility index (Phi) is 6.42. The van der Waals surface area contributed by atoms with Crippen LogP contribution in [0.1, 0.15) is 36.8 Å². The Morgan fingerprint density at radius 1 is 1.09 bits per heavy atom. The van der Waals surface area contributed by atoms with E-state index in [1.807, 2.05) is 31.2 Å². The number of para-hydroxylation sites is 1. The third kappa shape index (κ3) is 5.06. The average Bonchev–Trinajstić information content (AvgIpc) is 2.68. The van der Waals surface area contributed by atoms with Crippen LogP contribution in [0.4, 0.5) is 28.9 Å². The number of anilines is 2. The lowest BCUT2D eigenvalue weighted by Crippen LogP contribution is -2.55. The van der Waals surface area contributed by atoms with Gasteiger partial charge in [0.1, 0.15) is 5.82 Å². The Morgan fingerprint density at radius 2 is 1.84 bits per heavy atom. The molecule has 2 aliphatic rings. The maximum Gasteiger partial charge on any atom is 0.416 e. The van der Waals surface area contributed by atoms with Crippen LogP contribution in [0.3, 0.4) is 0 Å². The Balaban J connectivity index is 1.55. The molecule has 0 radical (unpaired) electrons. The second-order valence-corrected chi connectivity index (χ2v) is 8.76. The highest BCUT2D eigenvalue weighted by molar-refractivity contribution is 5.93. The fourth-order valence-corrected chi connectivity index (χ4v) is 4.49. The summed E-state index contributed by atoms with van der Waals surface area (Å²) in [6.07, 6.45) is -0.583. The zero-order valence-electron chi connectivity index (χ0n) is 17.9. The van der Waals surface area contributed by atoms with Crippen molar-refractivity contribution < 1.29 is 22.4 Å². The Bertz CT molecular complexity index is 974. The van der Waals surface area contributed by atoms with Gasteiger partial charge in [-0.25, -0.2) is 4.39 Å². The molecule has 32 heavy (non-hydrogen) atoms. The minimum Gasteiger partial charge on any atom is -0.381 e. The monoisotopic (exact) mass is 449 g/mol. The van der Waals surface area contributed by atoms with E-state index in [9.17, 15) is 22.4 Å². The first-order chi connectivity index (χ1) is 15.2. The topological polar surface area (TPSA) is 44.4 Å². The molecular formula is C24H27F4N3O. The van der Waals surface area contributed by atoms with Gasteiger partial charge in [-0.15, -0.1) is 0 Å². The van der Waals surface area contributed by atoms with Crippen molar-refractivity contribution in [3.05, 3.63) is 59.4 Å². The molecule has 0 spiro atoms. The van der Waals surface area contributed by atoms with Crippen LogP contribution in [0.25, 0.3) is 0 Å². The number of nitrogens with zero attached hydrogens (tertiary/aromatic N) is 1. The van der Waals surface area contributed by atoms with Gasteiger partial charge in [-0.3, -0.25) is 9.69 Å². The van der Waals surface area contributed by atoms with Crippen LogP contribution in [-0.2, 0) is 11.0 Å². The van der Waals surface area contributed by atoms with Crippen LogP contribution in [0.5, 0.6) is 0 Å². The molecule has 1 aliphatic carbocycles. The molecule has 2 N–H and O–H groups in total. The van der Waals surface area contributed by atoms with Gasteiger partial charge in [-0.2, -0.15) is 13.2 Å². The summed E-state index contributed by atoms with van der Waals surface area (Å²) >= 11 is 0. The fourth-order valence-electron chi connectivity index (χ4n) is 4.49. The van der Waals surface area contributed by atoms with E-state index in [0.29, 0.717) is 18.7 Å². The highest BCUT2D eigenvalue weighted by Gasteiger charge is 2.38. The third-order valence-corrected chi connectivity index (χ3v) is 6.55. The molecule has 8 heteroatoms. The number of likely N-dealkylation sites (tertiary alicyclic amines) is 1. The number of alkyl halides is 3. The third-order valence-electron chi connectivity index (χ3n) is 6.55. The van der Waals surface area contributed by atoms with Crippen molar-refractivity contribution in [1.29, 1.82) is 0 Å². The summed E-state index contributed by atoms with van der Waals surface area (Å²) in [7, 11) is 0. The number of piperidine rings is 1. The first-order valence-electron chi connectivity index (χ1n) is 11.0. The average molecular weight is 449 g/mol. The van der Waals surface area contributed by atoms with E-state index < -0.39 is 29.4 Å². The summed E-state index contributed by atoms with van der Waals surface area (Å²) in [5, 5.41) is 6.01. The fraction of sp³-hybridized carbons (Fsp3) is 0.458. The lowest BCUT2D eigenvalue weighted by atomic mass is 9.85. The zero-order valence-corrected chi connectivity index (χ0v) is 17.9. The van der Waals surface area contributed by atoms with Gasteiger partial charge in [0, 0.05) is 36.5 Å². The maximum atomic E-state index is 13.8. The molecular weight excluding hydrogens is 422 g/mol. The number of hydrogen-bond acceptors (Lipinski definition) is 3. The highest BCUT2D eigenvalue weighted by Crippen LogP contribution is 2.33. The van der Waals surface area contributed by atoms with Crippen molar-refractivity contribution >= 4 is 17.3 Å². The molecule has 1 heterocycles. The van der Waals surface area contributed by atoms with Gasteiger partial charge in [0.15, 0.2) is 0 Å². The standard InChI is InChI=1S/C24H27F4N3O/c1-15-5-2-3-8-21(15)30-22-9-10-31(19-6-4-7-19)14-20(22)23(32)29-18-12-16(24(26,27)28)11-17(25)13-18/h2-3,5,8,11-13,19-20,22,30H,4,6-7,9-10,14H2,1H3,(H,29,32)/t20-,22+/m1/s1. The van der Waals surface area contributed by atoms with Gasteiger partial charge in [-0.05, 0) is 56.0 Å². The van der Waals surface area contributed by atoms with Crippen LogP contribution in [0, 0.1) is 18.7 Å². The highest BCUT2D eigenvalue weighted by atomic mass is 19.4. The number of rotatable bonds is 5. The number of amides is 1.